The standard InChI is InChI=1S/C5H9F3O/c1-2-3-4(6)5(7,8)9/h4,9H,2-3H2,1H3. The zero-order valence-corrected chi connectivity index (χ0v) is 5.07. The third-order valence-electron chi connectivity index (χ3n) is 0.919. The molecule has 0 spiro atoms. The molecule has 56 valence electrons. The second-order valence-corrected chi connectivity index (χ2v) is 1.84. The highest BCUT2D eigenvalue weighted by Gasteiger charge is 2.36. The first-order valence-electron chi connectivity index (χ1n) is 2.72. The van der Waals surface area contributed by atoms with E-state index in [-0.39, 0.29) is 6.42 Å². The van der Waals surface area contributed by atoms with Gasteiger partial charge in [0.1, 0.15) is 0 Å². The first kappa shape index (κ1) is 8.75. The lowest BCUT2D eigenvalue weighted by atomic mass is 10.2. The van der Waals surface area contributed by atoms with Crippen molar-refractivity contribution in [2.24, 2.45) is 0 Å². The molecule has 0 aliphatic heterocycles. The number of hydrogen-bond acceptors (Lipinski definition) is 1. The van der Waals surface area contributed by atoms with Gasteiger partial charge in [0.25, 0.3) is 0 Å². The molecule has 4 heteroatoms. The molecule has 1 nitrogen and oxygen atoms in total. The molecule has 1 unspecified atom stereocenters. The van der Waals surface area contributed by atoms with Gasteiger partial charge in [-0.25, -0.2) is 4.39 Å². The van der Waals surface area contributed by atoms with E-state index in [9.17, 15) is 13.2 Å². The van der Waals surface area contributed by atoms with Gasteiger partial charge in [-0.15, -0.1) is 0 Å². The van der Waals surface area contributed by atoms with Crippen molar-refractivity contribution in [3.05, 3.63) is 0 Å². The van der Waals surface area contributed by atoms with Crippen LogP contribution in [0.2, 0.25) is 0 Å². The SMILES string of the molecule is CCCC(F)C(O)(F)F. The Labute approximate surface area is 51.5 Å². The van der Waals surface area contributed by atoms with E-state index in [1.807, 2.05) is 0 Å². The molecule has 0 saturated carbocycles. The van der Waals surface area contributed by atoms with Crippen LogP contribution in [0.5, 0.6) is 0 Å². The van der Waals surface area contributed by atoms with E-state index in [0.29, 0.717) is 6.42 Å². The van der Waals surface area contributed by atoms with Crippen LogP contribution in [-0.4, -0.2) is 17.4 Å². The van der Waals surface area contributed by atoms with Crippen LogP contribution in [0.15, 0.2) is 0 Å². The molecule has 0 amide bonds. The van der Waals surface area contributed by atoms with Crippen molar-refractivity contribution in [2.75, 3.05) is 0 Å². The highest BCUT2D eigenvalue weighted by atomic mass is 19.3. The van der Waals surface area contributed by atoms with E-state index in [4.69, 9.17) is 5.11 Å². The zero-order chi connectivity index (χ0) is 7.49. The van der Waals surface area contributed by atoms with Crippen molar-refractivity contribution in [3.8, 4) is 0 Å². The smallest absolute Gasteiger partial charge is 0.334 e. The topological polar surface area (TPSA) is 20.2 Å². The lowest BCUT2D eigenvalue weighted by molar-refractivity contribution is -0.241. The molecule has 0 fully saturated rings. The Morgan fingerprint density at radius 1 is 1.56 bits per heavy atom. The molecule has 0 radical (unpaired) electrons. The van der Waals surface area contributed by atoms with Crippen LogP contribution >= 0.6 is 0 Å². The lowest BCUT2D eigenvalue weighted by Crippen LogP contribution is -2.28. The van der Waals surface area contributed by atoms with Gasteiger partial charge < -0.3 is 5.11 Å². The maximum atomic E-state index is 11.9. The summed E-state index contributed by atoms with van der Waals surface area (Å²) in [6.07, 6.45) is -6.57. The monoisotopic (exact) mass is 142 g/mol. The highest BCUT2D eigenvalue weighted by Crippen LogP contribution is 2.20. The lowest BCUT2D eigenvalue weighted by Gasteiger charge is -2.12. The van der Waals surface area contributed by atoms with Gasteiger partial charge in [0.15, 0.2) is 6.17 Å². The Balaban J connectivity index is 3.59. The molecule has 0 bridgehead atoms. The number of hydrogen-bond donors (Lipinski definition) is 1. The second-order valence-electron chi connectivity index (χ2n) is 1.84. The predicted octanol–water partition coefficient (Wildman–Crippen LogP) is 1.71. The summed E-state index contributed by atoms with van der Waals surface area (Å²) in [5.74, 6) is 0. The summed E-state index contributed by atoms with van der Waals surface area (Å²) in [6, 6.07) is 0. The summed E-state index contributed by atoms with van der Waals surface area (Å²) in [4.78, 5) is 0. The average Bonchev–Trinajstić information content (AvgIpc) is 1.64. The van der Waals surface area contributed by atoms with Crippen LogP contribution in [0.1, 0.15) is 19.8 Å². The summed E-state index contributed by atoms with van der Waals surface area (Å²) in [7, 11) is 0. The van der Waals surface area contributed by atoms with Crippen LogP contribution in [0, 0.1) is 0 Å². The molecule has 9 heavy (non-hydrogen) atoms. The summed E-state index contributed by atoms with van der Waals surface area (Å²) < 4.78 is 34.9. The van der Waals surface area contributed by atoms with Crippen molar-refractivity contribution in [3.63, 3.8) is 0 Å². The molecule has 0 aliphatic carbocycles. The molecule has 0 rings (SSSR count). The van der Waals surface area contributed by atoms with E-state index in [1.54, 1.807) is 6.92 Å². The third kappa shape index (κ3) is 3.35. The van der Waals surface area contributed by atoms with Gasteiger partial charge in [-0.2, -0.15) is 8.78 Å². The van der Waals surface area contributed by atoms with Gasteiger partial charge in [-0.1, -0.05) is 13.3 Å². The normalized spacial score (nSPS) is 15.7. The predicted molar refractivity (Wildman–Crippen MR) is 27.0 cm³/mol. The fraction of sp³-hybridized carbons (Fsp3) is 1.00. The minimum absolute atomic E-state index is 0.302. The van der Waals surface area contributed by atoms with E-state index in [2.05, 4.69) is 0 Å². The molecular formula is C5H9F3O. The third-order valence-corrected chi connectivity index (χ3v) is 0.919. The fourth-order valence-corrected chi connectivity index (χ4v) is 0.427. The number of halogens is 3. The van der Waals surface area contributed by atoms with Gasteiger partial charge in [-0.3, -0.25) is 0 Å². The van der Waals surface area contributed by atoms with Crippen molar-refractivity contribution >= 4 is 0 Å². The first-order valence-corrected chi connectivity index (χ1v) is 2.72. The molecule has 0 aromatic carbocycles. The maximum Gasteiger partial charge on any atom is 0.384 e. The summed E-state index contributed by atoms with van der Waals surface area (Å²) >= 11 is 0. The number of aliphatic hydroxyl groups is 1. The van der Waals surface area contributed by atoms with Gasteiger partial charge in [0.05, 0.1) is 0 Å². The van der Waals surface area contributed by atoms with Crippen LogP contribution in [0.3, 0.4) is 0 Å². The summed E-state index contributed by atoms with van der Waals surface area (Å²) in [5, 5.41) is 7.71. The Morgan fingerprint density at radius 3 is 2.11 bits per heavy atom. The summed E-state index contributed by atoms with van der Waals surface area (Å²) in [5.41, 5.74) is 0. The van der Waals surface area contributed by atoms with Gasteiger partial charge in [0.2, 0.25) is 0 Å². The van der Waals surface area contributed by atoms with Gasteiger partial charge >= 0.3 is 6.11 Å². The van der Waals surface area contributed by atoms with Crippen LogP contribution in [-0.2, 0) is 0 Å². The van der Waals surface area contributed by atoms with Gasteiger partial charge in [0, 0.05) is 0 Å². The highest BCUT2D eigenvalue weighted by molar-refractivity contribution is 4.63. The molecule has 1 atom stereocenters. The quantitative estimate of drug-likeness (QED) is 0.636. The molecular weight excluding hydrogens is 133 g/mol. The van der Waals surface area contributed by atoms with Gasteiger partial charge in [-0.05, 0) is 6.42 Å². The molecule has 1 N–H and O–H groups in total. The van der Waals surface area contributed by atoms with Crippen LogP contribution in [0.4, 0.5) is 13.2 Å². The van der Waals surface area contributed by atoms with Crippen molar-refractivity contribution in [2.45, 2.75) is 32.0 Å². The first-order chi connectivity index (χ1) is 3.98. The van der Waals surface area contributed by atoms with Crippen molar-refractivity contribution in [1.82, 2.24) is 0 Å². The van der Waals surface area contributed by atoms with Crippen LogP contribution in [0.25, 0.3) is 0 Å². The van der Waals surface area contributed by atoms with E-state index < -0.39 is 12.3 Å². The molecule has 0 saturated heterocycles. The molecule has 0 aromatic rings. The average molecular weight is 142 g/mol. The Bertz CT molecular complexity index is 78.8. The zero-order valence-electron chi connectivity index (χ0n) is 5.07. The maximum absolute atomic E-state index is 11.9. The molecule has 0 aliphatic rings. The van der Waals surface area contributed by atoms with E-state index in [0.717, 1.165) is 0 Å². The largest absolute Gasteiger partial charge is 0.384 e. The molecule has 0 heterocycles. The van der Waals surface area contributed by atoms with Crippen LogP contribution < -0.4 is 0 Å². The Kier molecular flexibility index (Phi) is 2.97. The van der Waals surface area contributed by atoms with Crippen molar-refractivity contribution in [1.29, 1.82) is 0 Å². The second kappa shape index (κ2) is 3.06. The minimum atomic E-state index is -4.16. The van der Waals surface area contributed by atoms with Crippen molar-refractivity contribution < 1.29 is 18.3 Å². The number of rotatable bonds is 3. The minimum Gasteiger partial charge on any atom is -0.334 e. The summed E-state index contributed by atoms with van der Waals surface area (Å²) in [6.45, 7) is 1.57. The number of alkyl halides is 3. The van der Waals surface area contributed by atoms with E-state index in [1.165, 1.54) is 0 Å². The fourth-order valence-electron chi connectivity index (χ4n) is 0.427. The van der Waals surface area contributed by atoms with E-state index >= 15 is 0 Å². The Morgan fingerprint density at radius 2 is 2.00 bits per heavy atom. The molecule has 0 aromatic heterocycles. The Hall–Kier alpha value is -0.250.